The Labute approximate surface area is 162 Å². The highest BCUT2D eigenvalue weighted by Gasteiger charge is 2.24. The summed E-state index contributed by atoms with van der Waals surface area (Å²) in [5.41, 5.74) is 1.28. The molecule has 1 aliphatic rings. The Kier molecular flexibility index (Phi) is 10.1. The molecule has 2 N–H and O–H groups in total. The molecule has 1 aromatic heterocycles. The van der Waals surface area contributed by atoms with Crippen molar-refractivity contribution in [2.75, 3.05) is 26.2 Å². The average molecular weight is 450 g/mol. The van der Waals surface area contributed by atoms with E-state index in [1.807, 2.05) is 0 Å². The fourth-order valence-corrected chi connectivity index (χ4v) is 3.62. The number of likely N-dealkylation sites (tertiary alicyclic amines) is 1. The molecule has 2 rings (SSSR count). The van der Waals surface area contributed by atoms with E-state index < -0.39 is 0 Å². The number of nitrogens with zero attached hydrogens (tertiary/aromatic N) is 2. The maximum Gasteiger partial charge on any atom is 0.191 e. The van der Waals surface area contributed by atoms with Crippen LogP contribution in [0.4, 0.5) is 0 Å². The van der Waals surface area contributed by atoms with Crippen LogP contribution in [0.15, 0.2) is 21.8 Å². The zero-order valence-corrected chi connectivity index (χ0v) is 17.7. The van der Waals surface area contributed by atoms with Crippen molar-refractivity contribution in [3.8, 4) is 0 Å². The van der Waals surface area contributed by atoms with E-state index >= 15 is 0 Å². The molecular weight excluding hydrogens is 419 g/mol. The van der Waals surface area contributed by atoms with Crippen molar-refractivity contribution in [1.29, 1.82) is 0 Å². The normalized spacial score (nSPS) is 17.1. The topological polar surface area (TPSA) is 39.7 Å². The summed E-state index contributed by atoms with van der Waals surface area (Å²) in [5.74, 6) is 1.59. The summed E-state index contributed by atoms with van der Waals surface area (Å²) in [6.45, 7) is 11.8. The van der Waals surface area contributed by atoms with E-state index in [1.165, 1.54) is 31.5 Å². The van der Waals surface area contributed by atoms with E-state index in [2.05, 4.69) is 53.1 Å². The van der Waals surface area contributed by atoms with Gasteiger partial charge in [0.25, 0.3) is 0 Å². The van der Waals surface area contributed by atoms with Crippen molar-refractivity contribution >= 4 is 41.3 Å². The Hall–Kier alpha value is -0.340. The minimum absolute atomic E-state index is 0. The van der Waals surface area contributed by atoms with Gasteiger partial charge in [0.15, 0.2) is 5.96 Å². The number of thiophene rings is 1. The van der Waals surface area contributed by atoms with Crippen molar-refractivity contribution < 1.29 is 0 Å². The largest absolute Gasteiger partial charge is 0.357 e. The second-order valence-electron chi connectivity index (χ2n) is 6.26. The van der Waals surface area contributed by atoms with E-state index in [1.54, 1.807) is 11.3 Å². The summed E-state index contributed by atoms with van der Waals surface area (Å²) in [7, 11) is 0. The van der Waals surface area contributed by atoms with Crippen molar-refractivity contribution in [2.24, 2.45) is 10.9 Å². The van der Waals surface area contributed by atoms with E-state index in [-0.39, 0.29) is 24.0 Å². The smallest absolute Gasteiger partial charge is 0.191 e. The molecule has 132 valence electrons. The standard InChI is InChI=1S/C17H30N4S.HI/c1-4-18-17(19-11-15-7-10-22-13-15)20-12-16(14(2)3)21-8-5-6-9-21;/h7,10,13-14,16H,4-6,8-9,11-12H2,1-3H3,(H2,18,19,20);1H. The van der Waals surface area contributed by atoms with Gasteiger partial charge in [-0.15, -0.1) is 24.0 Å². The van der Waals surface area contributed by atoms with E-state index in [0.29, 0.717) is 12.0 Å². The van der Waals surface area contributed by atoms with E-state index in [0.717, 1.165) is 25.6 Å². The first kappa shape index (κ1) is 20.7. The lowest BCUT2D eigenvalue weighted by Crippen LogP contribution is -2.48. The summed E-state index contributed by atoms with van der Waals surface area (Å²) < 4.78 is 0. The second-order valence-corrected chi connectivity index (χ2v) is 7.04. The third kappa shape index (κ3) is 6.97. The second kappa shape index (κ2) is 11.3. The lowest BCUT2D eigenvalue weighted by atomic mass is 10.0. The predicted octanol–water partition coefficient (Wildman–Crippen LogP) is 3.54. The van der Waals surface area contributed by atoms with E-state index in [9.17, 15) is 0 Å². The molecule has 4 nitrogen and oxygen atoms in total. The van der Waals surface area contributed by atoms with Gasteiger partial charge in [0.1, 0.15) is 0 Å². The summed E-state index contributed by atoms with van der Waals surface area (Å²) in [5, 5.41) is 11.2. The first-order valence-corrected chi connectivity index (χ1v) is 9.42. The molecule has 1 aliphatic heterocycles. The molecule has 0 spiro atoms. The monoisotopic (exact) mass is 450 g/mol. The van der Waals surface area contributed by atoms with Crippen molar-refractivity contribution in [3.63, 3.8) is 0 Å². The Morgan fingerprint density at radius 2 is 2.04 bits per heavy atom. The maximum absolute atomic E-state index is 4.70. The summed E-state index contributed by atoms with van der Waals surface area (Å²) >= 11 is 1.73. The highest BCUT2D eigenvalue weighted by molar-refractivity contribution is 14.0. The molecule has 6 heteroatoms. The Bertz CT molecular complexity index is 441. The van der Waals surface area contributed by atoms with Crippen LogP contribution in [0, 0.1) is 5.92 Å². The molecule has 23 heavy (non-hydrogen) atoms. The quantitative estimate of drug-likeness (QED) is 0.379. The third-order valence-electron chi connectivity index (χ3n) is 4.20. The minimum Gasteiger partial charge on any atom is -0.357 e. The van der Waals surface area contributed by atoms with Crippen LogP contribution in [0.25, 0.3) is 0 Å². The van der Waals surface area contributed by atoms with Crippen LogP contribution in [-0.2, 0) is 6.54 Å². The van der Waals surface area contributed by atoms with Gasteiger partial charge in [0.05, 0.1) is 6.54 Å². The zero-order chi connectivity index (χ0) is 15.8. The number of halogens is 1. The highest BCUT2D eigenvalue weighted by atomic mass is 127. The lowest BCUT2D eigenvalue weighted by molar-refractivity contribution is 0.192. The molecule has 1 saturated heterocycles. The molecule has 0 amide bonds. The fraction of sp³-hybridized carbons (Fsp3) is 0.706. The number of hydrogen-bond acceptors (Lipinski definition) is 3. The Morgan fingerprint density at radius 1 is 1.30 bits per heavy atom. The molecule has 0 bridgehead atoms. The fourth-order valence-electron chi connectivity index (χ4n) is 2.96. The van der Waals surface area contributed by atoms with Crippen LogP contribution >= 0.6 is 35.3 Å². The molecule has 1 atom stereocenters. The SMILES string of the molecule is CCNC(=NCc1ccsc1)NCC(C(C)C)N1CCCC1.I. The van der Waals surface area contributed by atoms with Crippen molar-refractivity contribution in [3.05, 3.63) is 22.4 Å². The number of guanidine groups is 1. The Morgan fingerprint density at radius 3 is 2.61 bits per heavy atom. The number of hydrogen-bond donors (Lipinski definition) is 2. The molecule has 2 heterocycles. The van der Waals surface area contributed by atoms with Crippen LogP contribution in [0.3, 0.4) is 0 Å². The van der Waals surface area contributed by atoms with Crippen LogP contribution in [-0.4, -0.2) is 43.1 Å². The van der Waals surface area contributed by atoms with Crippen LogP contribution in [0.5, 0.6) is 0 Å². The third-order valence-corrected chi connectivity index (χ3v) is 4.93. The first-order chi connectivity index (χ1) is 10.7. The molecule has 0 aromatic carbocycles. The van der Waals surface area contributed by atoms with Crippen LogP contribution in [0.2, 0.25) is 0 Å². The molecule has 1 aromatic rings. The van der Waals surface area contributed by atoms with Crippen molar-refractivity contribution in [2.45, 2.75) is 46.2 Å². The van der Waals surface area contributed by atoms with Gasteiger partial charge in [-0.25, -0.2) is 4.99 Å². The van der Waals surface area contributed by atoms with E-state index in [4.69, 9.17) is 4.99 Å². The highest BCUT2D eigenvalue weighted by Crippen LogP contribution is 2.17. The maximum atomic E-state index is 4.70. The molecular formula is C17H31IN4S. The summed E-state index contributed by atoms with van der Waals surface area (Å²) in [4.78, 5) is 7.32. The Balaban J connectivity index is 0.00000264. The van der Waals surface area contributed by atoms with Crippen LogP contribution < -0.4 is 10.6 Å². The number of aliphatic imine (C=N–C) groups is 1. The van der Waals surface area contributed by atoms with Gasteiger partial charge in [-0.3, -0.25) is 4.90 Å². The molecule has 0 radical (unpaired) electrons. The van der Waals surface area contributed by atoms with Gasteiger partial charge in [-0.05, 0) is 61.2 Å². The summed E-state index contributed by atoms with van der Waals surface area (Å²) in [6.07, 6.45) is 2.69. The van der Waals surface area contributed by atoms with Gasteiger partial charge in [0, 0.05) is 19.1 Å². The van der Waals surface area contributed by atoms with Gasteiger partial charge in [0.2, 0.25) is 0 Å². The molecule has 1 fully saturated rings. The lowest BCUT2D eigenvalue weighted by Gasteiger charge is -2.31. The van der Waals surface area contributed by atoms with Gasteiger partial charge in [-0.2, -0.15) is 11.3 Å². The predicted molar refractivity (Wildman–Crippen MR) is 112 cm³/mol. The van der Waals surface area contributed by atoms with Gasteiger partial charge < -0.3 is 10.6 Å². The molecule has 1 unspecified atom stereocenters. The van der Waals surface area contributed by atoms with Crippen LogP contribution in [0.1, 0.15) is 39.2 Å². The zero-order valence-electron chi connectivity index (χ0n) is 14.5. The number of rotatable bonds is 7. The number of nitrogens with one attached hydrogen (secondary N) is 2. The average Bonchev–Trinajstić information content (AvgIpc) is 3.18. The van der Waals surface area contributed by atoms with Crippen molar-refractivity contribution in [1.82, 2.24) is 15.5 Å². The van der Waals surface area contributed by atoms with Gasteiger partial charge >= 0.3 is 0 Å². The first-order valence-electron chi connectivity index (χ1n) is 8.48. The minimum atomic E-state index is 0. The molecule has 0 aliphatic carbocycles. The van der Waals surface area contributed by atoms with Gasteiger partial charge in [-0.1, -0.05) is 13.8 Å². The summed E-state index contributed by atoms with van der Waals surface area (Å²) in [6, 6.07) is 2.73. The molecule has 0 saturated carbocycles.